The molecule has 0 bridgehead atoms. The summed E-state index contributed by atoms with van der Waals surface area (Å²) in [5.41, 5.74) is 3.02. The molecule has 0 heterocycles. The molecule has 0 saturated carbocycles. The molecule has 1 aromatic rings. The van der Waals surface area contributed by atoms with E-state index in [1.165, 1.54) is 5.56 Å². The minimum absolute atomic E-state index is 0.744. The van der Waals surface area contributed by atoms with Crippen LogP contribution >= 0.6 is 27.5 Å². The molecule has 0 unspecified atom stereocenters. The number of benzene rings is 1. The molecule has 0 fully saturated rings. The highest BCUT2D eigenvalue weighted by Gasteiger charge is 1.96. The number of hydrogen-bond acceptors (Lipinski definition) is 1. The van der Waals surface area contributed by atoms with Crippen molar-refractivity contribution < 1.29 is 0 Å². The first-order valence-corrected chi connectivity index (χ1v) is 4.80. The highest BCUT2D eigenvalue weighted by atomic mass is 79.9. The standard InChI is InChI=1S/C8H9BrClN/c1-6-2-3-7(10)4-8(6)11-5-9/h2-4,11H,5H2,1H3. The molecular weight excluding hydrogens is 225 g/mol. The van der Waals surface area contributed by atoms with E-state index < -0.39 is 0 Å². The van der Waals surface area contributed by atoms with Crippen LogP contribution in [0.5, 0.6) is 0 Å². The van der Waals surface area contributed by atoms with Crippen LogP contribution in [-0.2, 0) is 0 Å². The van der Waals surface area contributed by atoms with Crippen molar-refractivity contribution in [2.75, 3.05) is 10.8 Å². The smallest absolute Gasteiger partial charge is 0.0707 e. The fraction of sp³-hybridized carbons (Fsp3) is 0.250. The predicted molar refractivity (Wildman–Crippen MR) is 53.6 cm³/mol. The summed E-state index contributed by atoms with van der Waals surface area (Å²) in [6, 6.07) is 5.79. The van der Waals surface area contributed by atoms with E-state index in [9.17, 15) is 0 Å². The van der Waals surface area contributed by atoms with Gasteiger partial charge in [-0.3, -0.25) is 0 Å². The Bertz CT molecular complexity index is 250. The Morgan fingerprint density at radius 2 is 2.27 bits per heavy atom. The quantitative estimate of drug-likeness (QED) is 0.611. The topological polar surface area (TPSA) is 12.0 Å². The molecule has 60 valence electrons. The molecule has 0 aromatic heterocycles. The van der Waals surface area contributed by atoms with Crippen molar-refractivity contribution in [2.45, 2.75) is 6.92 Å². The van der Waals surface area contributed by atoms with Crippen LogP contribution in [0.3, 0.4) is 0 Å². The molecule has 0 saturated heterocycles. The first-order chi connectivity index (χ1) is 5.24. The molecule has 0 aliphatic carbocycles. The molecule has 1 aromatic carbocycles. The second kappa shape index (κ2) is 3.98. The molecule has 0 amide bonds. The molecule has 11 heavy (non-hydrogen) atoms. The molecule has 0 aliphatic heterocycles. The van der Waals surface area contributed by atoms with Gasteiger partial charge in [0, 0.05) is 10.7 Å². The molecule has 0 spiro atoms. The van der Waals surface area contributed by atoms with Crippen molar-refractivity contribution in [1.82, 2.24) is 0 Å². The lowest BCUT2D eigenvalue weighted by Crippen LogP contribution is -1.95. The van der Waals surface area contributed by atoms with Crippen LogP contribution in [0.15, 0.2) is 18.2 Å². The highest BCUT2D eigenvalue weighted by Crippen LogP contribution is 2.19. The fourth-order valence-corrected chi connectivity index (χ4v) is 1.33. The van der Waals surface area contributed by atoms with Gasteiger partial charge in [0.15, 0.2) is 0 Å². The van der Waals surface area contributed by atoms with Gasteiger partial charge in [-0.25, -0.2) is 0 Å². The summed E-state index contributed by atoms with van der Waals surface area (Å²) < 4.78 is 0. The van der Waals surface area contributed by atoms with Gasteiger partial charge in [-0.05, 0) is 24.6 Å². The minimum Gasteiger partial charge on any atom is -0.375 e. The molecule has 1 nitrogen and oxygen atoms in total. The van der Waals surface area contributed by atoms with Gasteiger partial charge >= 0.3 is 0 Å². The van der Waals surface area contributed by atoms with Crippen molar-refractivity contribution >= 4 is 33.2 Å². The van der Waals surface area contributed by atoms with Crippen molar-refractivity contribution in [2.24, 2.45) is 0 Å². The summed E-state index contributed by atoms with van der Waals surface area (Å²) in [4.78, 5) is 0. The maximum Gasteiger partial charge on any atom is 0.0707 e. The van der Waals surface area contributed by atoms with Gasteiger partial charge in [-0.15, -0.1) is 0 Å². The number of alkyl halides is 1. The zero-order chi connectivity index (χ0) is 8.27. The van der Waals surface area contributed by atoms with Crippen LogP contribution in [-0.4, -0.2) is 5.45 Å². The van der Waals surface area contributed by atoms with Crippen molar-refractivity contribution in [1.29, 1.82) is 0 Å². The van der Waals surface area contributed by atoms with Crippen LogP contribution in [0.2, 0.25) is 5.02 Å². The molecule has 0 radical (unpaired) electrons. The van der Waals surface area contributed by atoms with E-state index >= 15 is 0 Å². The summed E-state index contributed by atoms with van der Waals surface area (Å²) in [5.74, 6) is 0. The zero-order valence-electron chi connectivity index (χ0n) is 6.20. The Hall–Kier alpha value is -0.210. The molecular formula is C8H9BrClN. The van der Waals surface area contributed by atoms with Crippen LogP contribution in [0.4, 0.5) is 5.69 Å². The monoisotopic (exact) mass is 233 g/mol. The Morgan fingerprint density at radius 3 is 2.91 bits per heavy atom. The lowest BCUT2D eigenvalue weighted by molar-refractivity contribution is 1.39. The van der Waals surface area contributed by atoms with Crippen molar-refractivity contribution in [3.8, 4) is 0 Å². The molecule has 0 atom stereocenters. The summed E-state index contributed by atoms with van der Waals surface area (Å²) >= 11 is 9.09. The van der Waals surface area contributed by atoms with E-state index in [0.717, 1.165) is 16.2 Å². The van der Waals surface area contributed by atoms with E-state index in [1.807, 2.05) is 25.1 Å². The number of halogens is 2. The third kappa shape index (κ3) is 2.38. The van der Waals surface area contributed by atoms with Crippen LogP contribution in [0.25, 0.3) is 0 Å². The maximum atomic E-state index is 5.80. The largest absolute Gasteiger partial charge is 0.375 e. The third-order valence-electron chi connectivity index (χ3n) is 1.46. The normalized spacial score (nSPS) is 9.73. The second-order valence-electron chi connectivity index (χ2n) is 2.27. The Kier molecular flexibility index (Phi) is 3.21. The zero-order valence-corrected chi connectivity index (χ0v) is 8.54. The summed E-state index contributed by atoms with van der Waals surface area (Å²) in [6.45, 7) is 2.04. The van der Waals surface area contributed by atoms with Gasteiger partial charge in [0.1, 0.15) is 0 Å². The van der Waals surface area contributed by atoms with Gasteiger partial charge in [-0.2, -0.15) is 0 Å². The Morgan fingerprint density at radius 1 is 1.55 bits per heavy atom. The number of aryl methyl sites for hydroxylation is 1. The fourth-order valence-electron chi connectivity index (χ4n) is 0.857. The number of nitrogens with one attached hydrogen (secondary N) is 1. The first-order valence-electron chi connectivity index (χ1n) is 3.30. The summed E-state index contributed by atoms with van der Waals surface area (Å²) in [6.07, 6.45) is 0. The van der Waals surface area contributed by atoms with Crippen LogP contribution in [0, 0.1) is 6.92 Å². The van der Waals surface area contributed by atoms with Crippen LogP contribution in [0.1, 0.15) is 5.56 Å². The van der Waals surface area contributed by atoms with Gasteiger partial charge in [0.25, 0.3) is 0 Å². The Balaban J connectivity index is 2.93. The molecule has 1 rings (SSSR count). The number of rotatable bonds is 2. The lowest BCUT2D eigenvalue weighted by Gasteiger charge is -2.05. The van der Waals surface area contributed by atoms with E-state index in [4.69, 9.17) is 11.6 Å². The highest BCUT2D eigenvalue weighted by molar-refractivity contribution is 9.09. The third-order valence-corrected chi connectivity index (χ3v) is 1.97. The van der Waals surface area contributed by atoms with Gasteiger partial charge in [-0.1, -0.05) is 33.6 Å². The SMILES string of the molecule is Cc1ccc(Cl)cc1NCBr. The van der Waals surface area contributed by atoms with Gasteiger partial charge < -0.3 is 5.32 Å². The first kappa shape index (κ1) is 8.88. The van der Waals surface area contributed by atoms with Crippen LogP contribution < -0.4 is 5.32 Å². The van der Waals surface area contributed by atoms with E-state index in [2.05, 4.69) is 21.2 Å². The van der Waals surface area contributed by atoms with Crippen molar-refractivity contribution in [3.05, 3.63) is 28.8 Å². The van der Waals surface area contributed by atoms with Gasteiger partial charge in [0.2, 0.25) is 0 Å². The average Bonchev–Trinajstić information content (AvgIpc) is 1.98. The predicted octanol–water partition coefficient (Wildman–Crippen LogP) is 3.41. The second-order valence-corrected chi connectivity index (χ2v) is 3.27. The Labute approximate surface area is 79.9 Å². The minimum atomic E-state index is 0.744. The maximum absolute atomic E-state index is 5.80. The van der Waals surface area contributed by atoms with E-state index in [1.54, 1.807) is 0 Å². The molecule has 0 aliphatic rings. The van der Waals surface area contributed by atoms with E-state index in [-0.39, 0.29) is 0 Å². The molecule has 1 N–H and O–H groups in total. The lowest BCUT2D eigenvalue weighted by atomic mass is 10.2. The molecule has 3 heteroatoms. The number of hydrogen-bond donors (Lipinski definition) is 1. The van der Waals surface area contributed by atoms with E-state index in [0.29, 0.717) is 0 Å². The summed E-state index contributed by atoms with van der Waals surface area (Å²) in [7, 11) is 0. The van der Waals surface area contributed by atoms with Crippen molar-refractivity contribution in [3.63, 3.8) is 0 Å². The number of anilines is 1. The summed E-state index contributed by atoms with van der Waals surface area (Å²) in [5, 5.41) is 3.91. The van der Waals surface area contributed by atoms with Gasteiger partial charge in [0.05, 0.1) is 5.45 Å². The average molecular weight is 235 g/mol.